The minimum atomic E-state index is -1.02. The molecule has 1 atom stereocenters. The second-order valence-corrected chi connectivity index (χ2v) is 4.30. The monoisotopic (exact) mass is 268 g/mol. The van der Waals surface area contributed by atoms with E-state index in [1.807, 2.05) is 0 Å². The third-order valence-corrected chi connectivity index (χ3v) is 2.67. The fraction of sp³-hybridized carbons (Fsp3) is 0.385. The Balaban J connectivity index is 2.37. The number of hydrogen-bond donors (Lipinski definition) is 3. The van der Waals surface area contributed by atoms with Gasteiger partial charge in [0.2, 0.25) is 5.91 Å². The Kier molecular flexibility index (Phi) is 5.44. The minimum absolute atomic E-state index is 0.0954. The van der Waals surface area contributed by atoms with E-state index in [1.165, 1.54) is 13.0 Å². The maximum absolute atomic E-state index is 13.3. The van der Waals surface area contributed by atoms with E-state index in [2.05, 4.69) is 10.6 Å². The van der Waals surface area contributed by atoms with E-state index in [0.29, 0.717) is 11.1 Å². The minimum Gasteiger partial charge on any atom is -0.480 e. The molecule has 0 aliphatic rings. The van der Waals surface area contributed by atoms with Crippen molar-refractivity contribution in [2.75, 3.05) is 6.54 Å². The lowest BCUT2D eigenvalue weighted by molar-refractivity contribution is -0.139. The molecule has 104 valence electrons. The van der Waals surface area contributed by atoms with E-state index in [9.17, 15) is 14.0 Å². The Morgan fingerprint density at radius 3 is 2.68 bits per heavy atom. The lowest BCUT2D eigenvalue weighted by Gasteiger charge is -2.10. The lowest BCUT2D eigenvalue weighted by Crippen LogP contribution is -2.41. The summed E-state index contributed by atoms with van der Waals surface area (Å²) >= 11 is 0. The van der Waals surface area contributed by atoms with Crippen molar-refractivity contribution in [3.05, 3.63) is 35.1 Å². The first-order valence-electron chi connectivity index (χ1n) is 5.88. The van der Waals surface area contributed by atoms with Crippen LogP contribution in [0.2, 0.25) is 0 Å². The van der Waals surface area contributed by atoms with Crippen LogP contribution in [0.25, 0.3) is 0 Å². The number of carbonyl (C=O) groups excluding carboxylic acids is 1. The van der Waals surface area contributed by atoms with Crippen molar-refractivity contribution in [2.45, 2.75) is 26.4 Å². The molecular formula is C13H17FN2O3. The highest BCUT2D eigenvalue weighted by Gasteiger charge is 2.11. The molecule has 1 aromatic rings. The standard InChI is InChI=1S/C13H17FN2O3/c1-8-3-4-10(5-11(8)14)6-16-12(17)7-15-9(2)13(18)19/h3-5,9,15H,6-7H2,1-2H3,(H,16,17)(H,18,19)/t9-/m0/s1. The van der Waals surface area contributed by atoms with Crippen LogP contribution in [0, 0.1) is 12.7 Å². The Hall–Kier alpha value is -1.95. The molecule has 0 fully saturated rings. The molecule has 5 nitrogen and oxygen atoms in total. The number of benzene rings is 1. The van der Waals surface area contributed by atoms with Crippen LogP contribution >= 0.6 is 0 Å². The van der Waals surface area contributed by atoms with Gasteiger partial charge >= 0.3 is 5.97 Å². The Labute approximate surface area is 110 Å². The van der Waals surface area contributed by atoms with Crippen molar-refractivity contribution in [1.82, 2.24) is 10.6 Å². The molecule has 0 bridgehead atoms. The van der Waals surface area contributed by atoms with Gasteiger partial charge in [0.25, 0.3) is 0 Å². The van der Waals surface area contributed by atoms with Crippen LogP contribution in [0.1, 0.15) is 18.1 Å². The van der Waals surface area contributed by atoms with E-state index in [-0.39, 0.29) is 24.8 Å². The topological polar surface area (TPSA) is 78.4 Å². The van der Waals surface area contributed by atoms with Crippen LogP contribution in [0.5, 0.6) is 0 Å². The molecule has 0 heterocycles. The average molecular weight is 268 g/mol. The number of carboxylic acids is 1. The van der Waals surface area contributed by atoms with E-state index < -0.39 is 12.0 Å². The summed E-state index contributed by atoms with van der Waals surface area (Å²) in [5.41, 5.74) is 1.20. The second kappa shape index (κ2) is 6.84. The lowest BCUT2D eigenvalue weighted by atomic mass is 10.1. The third-order valence-electron chi connectivity index (χ3n) is 2.67. The van der Waals surface area contributed by atoms with Crippen molar-refractivity contribution >= 4 is 11.9 Å². The molecule has 0 unspecified atom stereocenters. The number of hydrogen-bond acceptors (Lipinski definition) is 3. The van der Waals surface area contributed by atoms with E-state index in [0.717, 1.165) is 0 Å². The van der Waals surface area contributed by atoms with Gasteiger partial charge < -0.3 is 10.4 Å². The van der Waals surface area contributed by atoms with Gasteiger partial charge in [0, 0.05) is 6.54 Å². The molecule has 0 spiro atoms. The van der Waals surface area contributed by atoms with Crippen molar-refractivity contribution in [3.8, 4) is 0 Å². The second-order valence-electron chi connectivity index (χ2n) is 4.30. The molecule has 0 saturated carbocycles. The summed E-state index contributed by atoms with van der Waals surface area (Å²) in [5, 5.41) is 13.8. The van der Waals surface area contributed by atoms with Gasteiger partial charge in [0.1, 0.15) is 11.9 Å². The summed E-state index contributed by atoms with van der Waals surface area (Å²) in [6, 6.07) is 3.94. The Morgan fingerprint density at radius 2 is 2.11 bits per heavy atom. The van der Waals surface area contributed by atoms with Gasteiger partial charge in [-0.25, -0.2) is 4.39 Å². The number of rotatable bonds is 6. The molecule has 0 aliphatic carbocycles. The Bertz CT molecular complexity index is 477. The number of carboxylic acid groups (broad SMARTS) is 1. The smallest absolute Gasteiger partial charge is 0.320 e. The molecule has 1 amide bonds. The van der Waals surface area contributed by atoms with Crippen LogP contribution in [0.3, 0.4) is 0 Å². The summed E-state index contributed by atoms with van der Waals surface area (Å²) < 4.78 is 13.3. The van der Waals surface area contributed by atoms with Crippen LogP contribution in [-0.4, -0.2) is 29.6 Å². The maximum atomic E-state index is 13.3. The van der Waals surface area contributed by atoms with Crippen LogP contribution < -0.4 is 10.6 Å². The van der Waals surface area contributed by atoms with Crippen molar-refractivity contribution in [3.63, 3.8) is 0 Å². The number of aliphatic carboxylic acids is 1. The molecule has 0 aromatic heterocycles. The van der Waals surface area contributed by atoms with E-state index in [4.69, 9.17) is 5.11 Å². The van der Waals surface area contributed by atoms with Gasteiger partial charge in [-0.2, -0.15) is 0 Å². The zero-order chi connectivity index (χ0) is 14.4. The predicted octanol–water partition coefficient (Wildman–Crippen LogP) is 0.813. The van der Waals surface area contributed by atoms with Crippen molar-refractivity contribution < 1.29 is 19.1 Å². The van der Waals surface area contributed by atoms with Gasteiger partial charge in [-0.05, 0) is 31.0 Å². The van der Waals surface area contributed by atoms with Crippen LogP contribution in [0.4, 0.5) is 4.39 Å². The highest BCUT2D eigenvalue weighted by Crippen LogP contribution is 2.08. The number of carbonyl (C=O) groups is 2. The van der Waals surface area contributed by atoms with Gasteiger partial charge in [-0.3, -0.25) is 14.9 Å². The SMILES string of the molecule is Cc1ccc(CNC(=O)CN[C@@H](C)C(=O)O)cc1F. The summed E-state index contributed by atoms with van der Waals surface area (Å²) in [4.78, 5) is 22.0. The summed E-state index contributed by atoms with van der Waals surface area (Å²) in [6.45, 7) is 3.22. The van der Waals surface area contributed by atoms with Gasteiger partial charge in [-0.15, -0.1) is 0 Å². The van der Waals surface area contributed by atoms with Crippen LogP contribution in [-0.2, 0) is 16.1 Å². The van der Waals surface area contributed by atoms with Gasteiger partial charge in [0.05, 0.1) is 6.54 Å². The molecule has 1 aromatic carbocycles. The molecule has 0 radical (unpaired) electrons. The van der Waals surface area contributed by atoms with E-state index >= 15 is 0 Å². The number of amides is 1. The van der Waals surface area contributed by atoms with E-state index in [1.54, 1.807) is 19.1 Å². The summed E-state index contributed by atoms with van der Waals surface area (Å²) in [7, 11) is 0. The highest BCUT2D eigenvalue weighted by molar-refractivity contribution is 5.79. The predicted molar refractivity (Wildman–Crippen MR) is 68.1 cm³/mol. The fourth-order valence-electron chi connectivity index (χ4n) is 1.34. The zero-order valence-electron chi connectivity index (χ0n) is 10.9. The average Bonchev–Trinajstić information content (AvgIpc) is 2.37. The van der Waals surface area contributed by atoms with Crippen molar-refractivity contribution in [1.29, 1.82) is 0 Å². The third kappa shape index (κ3) is 5.05. The Morgan fingerprint density at radius 1 is 1.42 bits per heavy atom. The number of halogens is 1. The molecule has 6 heteroatoms. The van der Waals surface area contributed by atoms with Crippen molar-refractivity contribution in [2.24, 2.45) is 0 Å². The normalized spacial score (nSPS) is 11.9. The summed E-state index contributed by atoms with van der Waals surface area (Å²) in [6.07, 6.45) is 0. The fourth-order valence-corrected chi connectivity index (χ4v) is 1.34. The molecule has 1 rings (SSSR count). The van der Waals surface area contributed by atoms with Gasteiger partial charge in [0.15, 0.2) is 0 Å². The number of aryl methyl sites for hydroxylation is 1. The molecule has 0 aliphatic heterocycles. The molecule has 19 heavy (non-hydrogen) atoms. The zero-order valence-corrected chi connectivity index (χ0v) is 10.9. The first kappa shape index (κ1) is 15.1. The molecular weight excluding hydrogens is 251 g/mol. The quantitative estimate of drug-likeness (QED) is 0.713. The molecule has 3 N–H and O–H groups in total. The maximum Gasteiger partial charge on any atom is 0.320 e. The number of nitrogens with one attached hydrogen (secondary N) is 2. The summed E-state index contributed by atoms with van der Waals surface area (Å²) in [5.74, 6) is -1.67. The first-order valence-corrected chi connectivity index (χ1v) is 5.88. The van der Waals surface area contributed by atoms with Gasteiger partial charge in [-0.1, -0.05) is 12.1 Å². The van der Waals surface area contributed by atoms with Crippen LogP contribution in [0.15, 0.2) is 18.2 Å². The highest BCUT2D eigenvalue weighted by atomic mass is 19.1. The molecule has 0 saturated heterocycles. The largest absolute Gasteiger partial charge is 0.480 e. The first-order chi connectivity index (χ1) is 8.90.